The lowest BCUT2D eigenvalue weighted by Gasteiger charge is -2.12. The molecule has 0 saturated heterocycles. The van der Waals surface area contributed by atoms with Gasteiger partial charge in [0.15, 0.2) is 0 Å². The molecule has 23 heavy (non-hydrogen) atoms. The summed E-state index contributed by atoms with van der Waals surface area (Å²) in [7, 11) is 1.63. The molecule has 0 radical (unpaired) electrons. The minimum atomic E-state index is -0.668. The van der Waals surface area contributed by atoms with Gasteiger partial charge in [0.1, 0.15) is 18.1 Å². The number of nitrogens with zero attached hydrogens (tertiary/aromatic N) is 2. The Morgan fingerprint density at radius 3 is 2.57 bits per heavy atom. The molecule has 2 aromatic rings. The second kappa shape index (κ2) is 7.74. The van der Waals surface area contributed by atoms with Crippen LogP contribution in [0.15, 0.2) is 36.5 Å². The van der Waals surface area contributed by atoms with Gasteiger partial charge in [-0.05, 0) is 35.8 Å². The number of aliphatic hydroxyl groups is 1. The zero-order valence-corrected chi connectivity index (χ0v) is 13.6. The predicted molar refractivity (Wildman–Crippen MR) is 89.2 cm³/mol. The third-order valence-electron chi connectivity index (χ3n) is 3.59. The van der Waals surface area contributed by atoms with E-state index >= 15 is 0 Å². The Labute approximate surface area is 136 Å². The van der Waals surface area contributed by atoms with Gasteiger partial charge in [0.25, 0.3) is 0 Å². The van der Waals surface area contributed by atoms with Crippen LogP contribution in [0.25, 0.3) is 6.08 Å². The maximum atomic E-state index is 10.6. The number of rotatable bonds is 7. The van der Waals surface area contributed by atoms with E-state index in [0.29, 0.717) is 18.5 Å². The van der Waals surface area contributed by atoms with E-state index in [0.717, 1.165) is 16.9 Å². The molecule has 5 heteroatoms. The summed E-state index contributed by atoms with van der Waals surface area (Å²) in [6.45, 7) is 4.44. The van der Waals surface area contributed by atoms with Crippen LogP contribution in [0, 0.1) is 5.92 Å². The standard InChI is InChI=1S/C18H22N2O3/c1-13(2)18(22)17-15(5-4-10-21)12-20(19-17)11-14-6-8-16(23-3)9-7-14/h4-10,12-13,18,22H,11H2,1-3H3. The lowest BCUT2D eigenvalue weighted by molar-refractivity contribution is -0.104. The van der Waals surface area contributed by atoms with E-state index in [-0.39, 0.29) is 5.92 Å². The van der Waals surface area contributed by atoms with Crippen molar-refractivity contribution in [1.29, 1.82) is 0 Å². The van der Waals surface area contributed by atoms with E-state index in [2.05, 4.69) is 5.10 Å². The highest BCUT2D eigenvalue weighted by molar-refractivity contribution is 5.74. The molecule has 1 unspecified atom stereocenters. The fourth-order valence-corrected chi connectivity index (χ4v) is 2.27. The van der Waals surface area contributed by atoms with E-state index in [4.69, 9.17) is 4.74 Å². The van der Waals surface area contributed by atoms with Gasteiger partial charge in [-0.25, -0.2) is 0 Å². The van der Waals surface area contributed by atoms with Crippen molar-refractivity contribution in [2.75, 3.05) is 7.11 Å². The van der Waals surface area contributed by atoms with Gasteiger partial charge in [-0.2, -0.15) is 5.10 Å². The third kappa shape index (κ3) is 4.29. The summed E-state index contributed by atoms with van der Waals surface area (Å²) < 4.78 is 6.92. The molecular weight excluding hydrogens is 292 g/mol. The number of carbonyl (C=O) groups excluding carboxylic acids is 1. The quantitative estimate of drug-likeness (QED) is 0.630. The van der Waals surface area contributed by atoms with Crippen molar-refractivity contribution >= 4 is 12.4 Å². The van der Waals surface area contributed by atoms with Crippen LogP contribution in [-0.2, 0) is 11.3 Å². The monoisotopic (exact) mass is 314 g/mol. The average Bonchev–Trinajstić information content (AvgIpc) is 2.95. The van der Waals surface area contributed by atoms with Crippen molar-refractivity contribution < 1.29 is 14.6 Å². The van der Waals surface area contributed by atoms with Crippen molar-refractivity contribution in [3.63, 3.8) is 0 Å². The molecule has 5 nitrogen and oxygen atoms in total. The number of ether oxygens (including phenoxy) is 1. The molecule has 1 heterocycles. The minimum Gasteiger partial charge on any atom is -0.497 e. The van der Waals surface area contributed by atoms with Crippen LogP contribution in [0.1, 0.15) is 36.8 Å². The number of carbonyl (C=O) groups is 1. The molecule has 122 valence electrons. The first-order valence-electron chi connectivity index (χ1n) is 7.55. The highest BCUT2D eigenvalue weighted by Crippen LogP contribution is 2.24. The number of benzene rings is 1. The minimum absolute atomic E-state index is 0.0442. The van der Waals surface area contributed by atoms with Gasteiger partial charge in [0, 0.05) is 11.8 Å². The van der Waals surface area contributed by atoms with Crippen LogP contribution in [0.2, 0.25) is 0 Å². The number of aromatic nitrogens is 2. The van der Waals surface area contributed by atoms with E-state index in [1.165, 1.54) is 6.08 Å². The van der Waals surface area contributed by atoms with Gasteiger partial charge in [-0.15, -0.1) is 0 Å². The van der Waals surface area contributed by atoms with E-state index in [9.17, 15) is 9.90 Å². The number of hydrogen-bond acceptors (Lipinski definition) is 4. The van der Waals surface area contributed by atoms with E-state index < -0.39 is 6.10 Å². The summed E-state index contributed by atoms with van der Waals surface area (Å²) >= 11 is 0. The Bertz CT molecular complexity index is 672. The number of methoxy groups -OCH3 is 1. The summed E-state index contributed by atoms with van der Waals surface area (Å²) in [5, 5.41) is 14.8. The molecule has 0 spiro atoms. The normalized spacial score (nSPS) is 12.7. The van der Waals surface area contributed by atoms with Gasteiger partial charge < -0.3 is 9.84 Å². The summed E-state index contributed by atoms with van der Waals surface area (Å²) in [5.41, 5.74) is 2.42. The van der Waals surface area contributed by atoms with Crippen LogP contribution in [0.5, 0.6) is 5.75 Å². The number of allylic oxidation sites excluding steroid dienone is 1. The predicted octanol–water partition coefficient (Wildman–Crippen LogP) is 2.84. The largest absolute Gasteiger partial charge is 0.497 e. The van der Waals surface area contributed by atoms with Crippen LogP contribution in [-0.4, -0.2) is 28.3 Å². The molecule has 1 N–H and O–H groups in total. The van der Waals surface area contributed by atoms with Crippen LogP contribution in [0.4, 0.5) is 0 Å². The molecule has 0 fully saturated rings. The molecule has 0 aliphatic heterocycles. The first kappa shape index (κ1) is 17.0. The lowest BCUT2D eigenvalue weighted by Crippen LogP contribution is -2.09. The molecule has 0 aliphatic rings. The molecule has 1 aromatic carbocycles. The van der Waals surface area contributed by atoms with Crippen LogP contribution in [0.3, 0.4) is 0 Å². The highest BCUT2D eigenvalue weighted by atomic mass is 16.5. The maximum absolute atomic E-state index is 10.6. The fraction of sp³-hybridized carbons (Fsp3) is 0.333. The molecule has 0 amide bonds. The molecule has 1 atom stereocenters. The number of hydrogen-bond donors (Lipinski definition) is 1. The fourth-order valence-electron chi connectivity index (χ4n) is 2.27. The SMILES string of the molecule is COc1ccc(Cn2cc(C=CC=O)c(C(O)C(C)C)n2)cc1. The van der Waals surface area contributed by atoms with Gasteiger partial charge in [0.05, 0.1) is 19.3 Å². The molecule has 2 rings (SSSR count). The smallest absolute Gasteiger partial charge is 0.142 e. The van der Waals surface area contributed by atoms with Crippen molar-refractivity contribution in [2.45, 2.75) is 26.5 Å². The Kier molecular flexibility index (Phi) is 5.71. The maximum Gasteiger partial charge on any atom is 0.142 e. The van der Waals surface area contributed by atoms with Crippen molar-refractivity contribution in [3.8, 4) is 5.75 Å². The molecule has 1 aromatic heterocycles. The lowest BCUT2D eigenvalue weighted by atomic mass is 10.0. The molecular formula is C18H22N2O3. The Morgan fingerprint density at radius 2 is 2.00 bits per heavy atom. The van der Waals surface area contributed by atoms with Crippen LogP contribution < -0.4 is 4.74 Å². The zero-order valence-electron chi connectivity index (χ0n) is 13.6. The van der Waals surface area contributed by atoms with Crippen LogP contribution >= 0.6 is 0 Å². The molecule has 0 saturated carbocycles. The summed E-state index contributed by atoms with van der Waals surface area (Å²) in [4.78, 5) is 10.6. The van der Waals surface area contributed by atoms with Gasteiger partial charge >= 0.3 is 0 Å². The number of aliphatic hydroxyl groups excluding tert-OH is 1. The second-order valence-electron chi connectivity index (χ2n) is 5.70. The van der Waals surface area contributed by atoms with E-state index in [1.54, 1.807) is 17.9 Å². The topological polar surface area (TPSA) is 64.3 Å². The Hall–Kier alpha value is -2.40. The van der Waals surface area contributed by atoms with Gasteiger partial charge in [-0.3, -0.25) is 9.48 Å². The molecule has 0 bridgehead atoms. The second-order valence-corrected chi connectivity index (χ2v) is 5.70. The van der Waals surface area contributed by atoms with Crippen molar-refractivity contribution in [1.82, 2.24) is 9.78 Å². The summed E-state index contributed by atoms with van der Waals surface area (Å²) in [5.74, 6) is 0.849. The molecule has 0 aliphatic carbocycles. The first-order valence-corrected chi connectivity index (χ1v) is 7.55. The average molecular weight is 314 g/mol. The Morgan fingerprint density at radius 1 is 1.30 bits per heavy atom. The van der Waals surface area contributed by atoms with Crippen molar-refractivity contribution in [2.24, 2.45) is 5.92 Å². The third-order valence-corrected chi connectivity index (χ3v) is 3.59. The van der Waals surface area contributed by atoms with Gasteiger partial charge in [0.2, 0.25) is 0 Å². The Balaban J connectivity index is 2.27. The number of aldehydes is 1. The highest BCUT2D eigenvalue weighted by Gasteiger charge is 2.19. The summed E-state index contributed by atoms with van der Waals surface area (Å²) in [6.07, 6.45) is 4.97. The van der Waals surface area contributed by atoms with Gasteiger partial charge in [-0.1, -0.05) is 26.0 Å². The van der Waals surface area contributed by atoms with Crippen molar-refractivity contribution in [3.05, 3.63) is 53.4 Å². The first-order chi connectivity index (χ1) is 11.0. The zero-order chi connectivity index (χ0) is 16.8. The summed E-state index contributed by atoms with van der Waals surface area (Å²) in [6, 6.07) is 7.74. The van der Waals surface area contributed by atoms with E-state index in [1.807, 2.05) is 44.3 Å².